The number of aryl methyl sites for hydroxylation is 1. The number of rotatable bonds is 6. The van der Waals surface area contributed by atoms with Crippen LogP contribution in [0.1, 0.15) is 10.4 Å². The van der Waals surface area contributed by atoms with E-state index in [0.717, 1.165) is 27.1 Å². The highest BCUT2D eigenvalue weighted by atomic mass is 32.2. The van der Waals surface area contributed by atoms with Gasteiger partial charge in [0, 0.05) is 4.88 Å². The number of hydrazone groups is 1. The summed E-state index contributed by atoms with van der Waals surface area (Å²) in [5.41, 5.74) is 3.37. The Labute approximate surface area is 143 Å². The molecule has 1 heterocycles. The molecule has 9 heteroatoms. The number of anilines is 1. The van der Waals surface area contributed by atoms with Crippen LogP contribution in [0, 0.1) is 12.7 Å². The van der Waals surface area contributed by atoms with Crippen LogP contribution in [-0.2, 0) is 14.8 Å². The summed E-state index contributed by atoms with van der Waals surface area (Å²) in [7, 11) is -3.75. The van der Waals surface area contributed by atoms with Crippen molar-refractivity contribution in [1.29, 1.82) is 0 Å². The number of hydrogen-bond donors (Lipinski definition) is 1. The maximum atomic E-state index is 13.3. The smallest absolute Gasteiger partial charge is 0.260 e. The van der Waals surface area contributed by atoms with Gasteiger partial charge in [-0.1, -0.05) is 6.07 Å². The molecule has 0 fully saturated rings. The second-order valence-corrected chi connectivity index (χ2v) is 7.87. The zero-order chi connectivity index (χ0) is 17.7. The zero-order valence-electron chi connectivity index (χ0n) is 13.1. The largest absolute Gasteiger partial charge is 0.271 e. The number of thiophene rings is 1. The van der Waals surface area contributed by atoms with Gasteiger partial charge in [-0.3, -0.25) is 9.10 Å². The Kier molecular flexibility index (Phi) is 5.68. The van der Waals surface area contributed by atoms with Crippen LogP contribution in [0.2, 0.25) is 0 Å². The number of nitrogens with zero attached hydrogens (tertiary/aromatic N) is 2. The van der Waals surface area contributed by atoms with E-state index in [4.69, 9.17) is 0 Å². The number of benzene rings is 1. The maximum Gasteiger partial charge on any atom is 0.260 e. The van der Waals surface area contributed by atoms with Gasteiger partial charge in [-0.25, -0.2) is 18.2 Å². The average molecular weight is 369 g/mol. The molecular weight excluding hydrogens is 353 g/mol. The summed E-state index contributed by atoms with van der Waals surface area (Å²) in [6.07, 6.45) is 2.44. The molecule has 24 heavy (non-hydrogen) atoms. The van der Waals surface area contributed by atoms with E-state index in [-0.39, 0.29) is 5.69 Å². The fourth-order valence-electron chi connectivity index (χ4n) is 1.88. The molecule has 6 nitrogen and oxygen atoms in total. The van der Waals surface area contributed by atoms with E-state index in [1.54, 1.807) is 0 Å². The summed E-state index contributed by atoms with van der Waals surface area (Å²) in [6.45, 7) is 1.41. The highest BCUT2D eigenvalue weighted by Crippen LogP contribution is 2.18. The quantitative estimate of drug-likeness (QED) is 0.626. The summed E-state index contributed by atoms with van der Waals surface area (Å²) in [4.78, 5) is 12.8. The van der Waals surface area contributed by atoms with Gasteiger partial charge < -0.3 is 0 Å². The summed E-state index contributed by atoms with van der Waals surface area (Å²) < 4.78 is 37.9. The lowest BCUT2D eigenvalue weighted by Crippen LogP contribution is -2.39. The molecule has 0 aliphatic rings. The van der Waals surface area contributed by atoms with Crippen LogP contribution in [0.5, 0.6) is 0 Å². The molecule has 2 rings (SSSR count). The minimum absolute atomic E-state index is 0.0748. The average Bonchev–Trinajstić information content (AvgIpc) is 2.89. The number of carbonyl (C=O) groups is 1. The van der Waals surface area contributed by atoms with Crippen molar-refractivity contribution in [3.63, 3.8) is 0 Å². The molecule has 0 bridgehead atoms. The monoisotopic (exact) mass is 369 g/mol. The van der Waals surface area contributed by atoms with Gasteiger partial charge in [0.15, 0.2) is 0 Å². The van der Waals surface area contributed by atoms with Gasteiger partial charge in [0.25, 0.3) is 5.91 Å². The minimum atomic E-state index is -3.75. The van der Waals surface area contributed by atoms with Crippen LogP contribution in [0.3, 0.4) is 0 Å². The highest BCUT2D eigenvalue weighted by molar-refractivity contribution is 7.92. The van der Waals surface area contributed by atoms with Crippen LogP contribution in [0.4, 0.5) is 10.1 Å². The zero-order valence-corrected chi connectivity index (χ0v) is 14.7. The predicted molar refractivity (Wildman–Crippen MR) is 93.4 cm³/mol. The number of carbonyl (C=O) groups excluding carboxylic acids is 1. The first-order valence-corrected chi connectivity index (χ1v) is 9.59. The molecule has 0 aliphatic heterocycles. The van der Waals surface area contributed by atoms with E-state index in [1.807, 2.05) is 18.4 Å². The summed E-state index contributed by atoms with van der Waals surface area (Å²) in [5, 5.41) is 5.71. The van der Waals surface area contributed by atoms with Crippen LogP contribution < -0.4 is 9.73 Å². The molecule has 1 amide bonds. The number of hydrogen-bond acceptors (Lipinski definition) is 5. The molecule has 0 aliphatic carbocycles. The Hall–Kier alpha value is -2.26. The van der Waals surface area contributed by atoms with E-state index in [9.17, 15) is 17.6 Å². The van der Waals surface area contributed by atoms with Gasteiger partial charge in [0.1, 0.15) is 12.4 Å². The molecule has 128 valence electrons. The third kappa shape index (κ3) is 4.87. The molecule has 1 aromatic carbocycles. The Morgan fingerprint density at radius 2 is 2.17 bits per heavy atom. The van der Waals surface area contributed by atoms with Crippen LogP contribution in [-0.4, -0.2) is 33.3 Å². The molecular formula is C15H16FN3O3S2. The standard InChI is InChI=1S/C15H16FN3O3S2/c1-11-6-7-23-14(11)9-17-18-15(20)10-19(24(2,21)22)13-5-3-4-12(16)8-13/h3-9H,10H2,1-2H3,(H,18,20)/b17-9-. The lowest BCUT2D eigenvalue weighted by Gasteiger charge is -2.21. The molecule has 1 aromatic heterocycles. The molecule has 0 atom stereocenters. The predicted octanol–water partition coefficient (Wildman–Crippen LogP) is 2.11. The first-order valence-electron chi connectivity index (χ1n) is 6.86. The topological polar surface area (TPSA) is 78.8 Å². The molecule has 0 saturated heterocycles. The van der Waals surface area contributed by atoms with E-state index < -0.39 is 28.3 Å². The first-order chi connectivity index (χ1) is 11.3. The van der Waals surface area contributed by atoms with Gasteiger partial charge in [-0.15, -0.1) is 11.3 Å². The third-order valence-electron chi connectivity index (χ3n) is 3.06. The Morgan fingerprint density at radius 1 is 1.42 bits per heavy atom. The van der Waals surface area contributed by atoms with Gasteiger partial charge >= 0.3 is 0 Å². The van der Waals surface area contributed by atoms with Crippen molar-refractivity contribution in [1.82, 2.24) is 5.43 Å². The molecule has 0 unspecified atom stereocenters. The lowest BCUT2D eigenvalue weighted by atomic mass is 10.3. The van der Waals surface area contributed by atoms with Crippen LogP contribution in [0.25, 0.3) is 0 Å². The molecule has 2 aromatic rings. The Bertz CT molecular complexity index is 862. The Balaban J connectivity index is 2.08. The summed E-state index contributed by atoms with van der Waals surface area (Å²) in [6, 6.07) is 6.95. The first kappa shape index (κ1) is 18.1. The van der Waals surface area contributed by atoms with E-state index in [1.165, 1.54) is 35.8 Å². The number of halogens is 1. The van der Waals surface area contributed by atoms with Crippen LogP contribution in [0.15, 0.2) is 40.8 Å². The van der Waals surface area contributed by atoms with E-state index in [0.29, 0.717) is 0 Å². The Morgan fingerprint density at radius 3 is 2.75 bits per heavy atom. The fourth-order valence-corrected chi connectivity index (χ4v) is 3.51. The van der Waals surface area contributed by atoms with Crippen molar-refractivity contribution in [3.8, 4) is 0 Å². The second kappa shape index (κ2) is 7.54. The molecule has 0 saturated carbocycles. The van der Waals surface area contributed by atoms with E-state index >= 15 is 0 Å². The van der Waals surface area contributed by atoms with Crippen molar-refractivity contribution >= 4 is 39.2 Å². The maximum absolute atomic E-state index is 13.3. The van der Waals surface area contributed by atoms with Crippen molar-refractivity contribution in [2.45, 2.75) is 6.92 Å². The van der Waals surface area contributed by atoms with Gasteiger partial charge in [-0.05, 0) is 42.1 Å². The summed E-state index contributed by atoms with van der Waals surface area (Å²) in [5.74, 6) is -1.22. The molecule has 1 N–H and O–H groups in total. The SMILES string of the molecule is Cc1ccsc1/C=N\NC(=O)CN(c1cccc(F)c1)S(C)(=O)=O. The van der Waals surface area contributed by atoms with Crippen LogP contribution >= 0.6 is 11.3 Å². The number of amides is 1. The van der Waals surface area contributed by atoms with Gasteiger partial charge in [0.2, 0.25) is 10.0 Å². The van der Waals surface area contributed by atoms with Crippen molar-refractivity contribution < 1.29 is 17.6 Å². The third-order valence-corrected chi connectivity index (χ3v) is 5.15. The second-order valence-electron chi connectivity index (χ2n) is 5.01. The number of nitrogens with one attached hydrogen (secondary N) is 1. The van der Waals surface area contributed by atoms with Gasteiger partial charge in [-0.2, -0.15) is 5.10 Å². The lowest BCUT2D eigenvalue weighted by molar-refractivity contribution is -0.119. The van der Waals surface area contributed by atoms with E-state index in [2.05, 4.69) is 10.5 Å². The number of sulfonamides is 1. The fraction of sp³-hybridized carbons (Fsp3) is 0.200. The van der Waals surface area contributed by atoms with Crippen molar-refractivity contribution in [3.05, 3.63) is 52.0 Å². The normalized spacial score (nSPS) is 11.6. The van der Waals surface area contributed by atoms with Crippen molar-refractivity contribution in [2.75, 3.05) is 17.1 Å². The summed E-state index contributed by atoms with van der Waals surface area (Å²) >= 11 is 1.47. The minimum Gasteiger partial charge on any atom is -0.271 e. The highest BCUT2D eigenvalue weighted by Gasteiger charge is 2.21. The molecule has 0 radical (unpaired) electrons. The molecule has 0 spiro atoms. The van der Waals surface area contributed by atoms with Crippen molar-refractivity contribution in [2.24, 2.45) is 5.10 Å². The van der Waals surface area contributed by atoms with Gasteiger partial charge in [0.05, 0.1) is 18.2 Å².